The number of aromatic nitrogens is 1. The number of aryl methyl sites for hydroxylation is 2. The van der Waals surface area contributed by atoms with Crippen molar-refractivity contribution in [2.24, 2.45) is 7.05 Å². The van der Waals surface area contributed by atoms with Gasteiger partial charge in [-0.05, 0) is 42.2 Å². The normalized spacial score (nSPS) is 14.0. The molecule has 19 heavy (non-hydrogen) atoms. The first-order valence-electron chi connectivity index (χ1n) is 6.60. The van der Waals surface area contributed by atoms with Crippen molar-refractivity contribution in [3.8, 4) is 0 Å². The van der Waals surface area contributed by atoms with E-state index in [0.717, 1.165) is 13.1 Å². The summed E-state index contributed by atoms with van der Waals surface area (Å²) < 4.78 is 2.17. The summed E-state index contributed by atoms with van der Waals surface area (Å²) in [6, 6.07) is 4.47. The van der Waals surface area contributed by atoms with E-state index < -0.39 is 5.97 Å². The third-order valence-corrected chi connectivity index (χ3v) is 4.16. The van der Waals surface area contributed by atoms with Gasteiger partial charge in [0.25, 0.3) is 0 Å². The number of hydrogen-bond donors (Lipinski definition) is 2. The molecule has 0 saturated heterocycles. The Morgan fingerprint density at radius 3 is 2.74 bits per heavy atom. The van der Waals surface area contributed by atoms with Crippen LogP contribution in [0.1, 0.15) is 28.8 Å². The highest BCUT2D eigenvalue weighted by molar-refractivity contribution is 5.87. The first kappa shape index (κ1) is 12.2. The number of rotatable bonds is 3. The fraction of sp³-hybridized carbons (Fsp3) is 0.400. The van der Waals surface area contributed by atoms with E-state index in [-0.39, 0.29) is 6.42 Å². The van der Waals surface area contributed by atoms with Crippen LogP contribution in [0.15, 0.2) is 12.1 Å². The zero-order valence-electron chi connectivity index (χ0n) is 11.3. The fourth-order valence-electron chi connectivity index (χ4n) is 2.98. The Kier molecular flexibility index (Phi) is 2.82. The highest BCUT2D eigenvalue weighted by atomic mass is 16.4. The molecule has 4 heteroatoms. The molecule has 3 rings (SSSR count). The molecule has 2 heterocycles. The van der Waals surface area contributed by atoms with Gasteiger partial charge in [-0.2, -0.15) is 0 Å². The molecule has 0 amide bonds. The van der Waals surface area contributed by atoms with Gasteiger partial charge in [-0.3, -0.25) is 4.79 Å². The Hall–Kier alpha value is -1.81. The number of carbonyl (C=O) groups is 1. The molecule has 1 aromatic carbocycles. The number of fused-ring (bicyclic) bond motifs is 2. The van der Waals surface area contributed by atoms with Gasteiger partial charge in [0.2, 0.25) is 0 Å². The Morgan fingerprint density at radius 1 is 1.37 bits per heavy atom. The summed E-state index contributed by atoms with van der Waals surface area (Å²) in [5.74, 6) is -0.737. The predicted molar refractivity (Wildman–Crippen MR) is 74.2 cm³/mol. The van der Waals surface area contributed by atoms with E-state index in [2.05, 4.69) is 36.0 Å². The standard InChI is InChI=1S/C15H18N2O2/c1-9-12(3-4-15(18)19)13-5-10-7-16-8-11(10)6-14(13)17(9)2/h5-6,16H,3-4,7-8H2,1-2H3,(H,18,19). The number of nitrogens with zero attached hydrogens (tertiary/aromatic N) is 1. The molecule has 4 nitrogen and oxygen atoms in total. The molecule has 0 atom stereocenters. The molecule has 1 aliphatic rings. The van der Waals surface area contributed by atoms with Gasteiger partial charge in [-0.15, -0.1) is 0 Å². The molecule has 100 valence electrons. The number of hydrogen-bond acceptors (Lipinski definition) is 2. The Bertz CT molecular complexity index is 671. The second-order valence-corrected chi connectivity index (χ2v) is 5.26. The Morgan fingerprint density at radius 2 is 2.05 bits per heavy atom. The SMILES string of the molecule is Cc1c(CCC(=O)O)c2cc3c(cc2n1C)CNC3. The molecule has 0 saturated carbocycles. The van der Waals surface area contributed by atoms with Crippen molar-refractivity contribution >= 4 is 16.9 Å². The number of nitrogens with one attached hydrogen (secondary N) is 1. The van der Waals surface area contributed by atoms with E-state index in [9.17, 15) is 4.79 Å². The minimum Gasteiger partial charge on any atom is -0.481 e. The first-order valence-corrected chi connectivity index (χ1v) is 6.60. The summed E-state index contributed by atoms with van der Waals surface area (Å²) in [7, 11) is 2.05. The highest BCUT2D eigenvalue weighted by Crippen LogP contribution is 2.30. The maximum absolute atomic E-state index is 10.8. The zero-order chi connectivity index (χ0) is 13.6. The quantitative estimate of drug-likeness (QED) is 0.886. The Balaban J connectivity index is 2.15. The molecular formula is C15H18N2O2. The van der Waals surface area contributed by atoms with Gasteiger partial charge in [-0.1, -0.05) is 0 Å². The molecule has 0 aliphatic carbocycles. The highest BCUT2D eigenvalue weighted by Gasteiger charge is 2.17. The van der Waals surface area contributed by atoms with Crippen LogP contribution in [0.25, 0.3) is 10.9 Å². The van der Waals surface area contributed by atoms with Crippen LogP contribution in [0.3, 0.4) is 0 Å². The van der Waals surface area contributed by atoms with Gasteiger partial charge in [0.05, 0.1) is 0 Å². The lowest BCUT2D eigenvalue weighted by molar-refractivity contribution is -0.136. The summed E-state index contributed by atoms with van der Waals surface area (Å²) in [5.41, 5.74) is 6.26. The Labute approximate surface area is 112 Å². The number of benzene rings is 1. The maximum atomic E-state index is 10.8. The number of carboxylic acids is 1. The van der Waals surface area contributed by atoms with Crippen LogP contribution in [0.2, 0.25) is 0 Å². The van der Waals surface area contributed by atoms with Crippen molar-refractivity contribution in [3.05, 3.63) is 34.5 Å². The predicted octanol–water partition coefficient (Wildman–Crippen LogP) is 2.11. The molecule has 2 N–H and O–H groups in total. The van der Waals surface area contributed by atoms with Crippen LogP contribution in [0.5, 0.6) is 0 Å². The smallest absolute Gasteiger partial charge is 0.303 e. The molecule has 2 aromatic rings. The minimum atomic E-state index is -0.737. The maximum Gasteiger partial charge on any atom is 0.303 e. The van der Waals surface area contributed by atoms with Gasteiger partial charge in [0.15, 0.2) is 0 Å². The van der Waals surface area contributed by atoms with Crippen molar-refractivity contribution in [2.45, 2.75) is 32.9 Å². The van der Waals surface area contributed by atoms with Crippen LogP contribution in [-0.4, -0.2) is 15.6 Å². The summed E-state index contributed by atoms with van der Waals surface area (Å²) in [5, 5.41) is 13.4. The molecule has 0 fully saturated rings. The lowest BCUT2D eigenvalue weighted by Gasteiger charge is -2.02. The second-order valence-electron chi connectivity index (χ2n) is 5.26. The number of aliphatic carboxylic acids is 1. The largest absolute Gasteiger partial charge is 0.481 e. The van der Waals surface area contributed by atoms with Crippen molar-refractivity contribution in [2.75, 3.05) is 0 Å². The van der Waals surface area contributed by atoms with Crippen LogP contribution < -0.4 is 5.32 Å². The van der Waals surface area contributed by atoms with E-state index in [1.807, 2.05) is 0 Å². The van der Waals surface area contributed by atoms with E-state index >= 15 is 0 Å². The van der Waals surface area contributed by atoms with Gasteiger partial charge >= 0.3 is 5.97 Å². The van der Waals surface area contributed by atoms with E-state index in [1.54, 1.807) is 0 Å². The molecule has 0 unspecified atom stereocenters. The molecular weight excluding hydrogens is 240 g/mol. The van der Waals surface area contributed by atoms with Crippen LogP contribution in [0.4, 0.5) is 0 Å². The zero-order valence-corrected chi connectivity index (χ0v) is 11.3. The van der Waals surface area contributed by atoms with Crippen LogP contribution in [-0.2, 0) is 31.4 Å². The lowest BCUT2D eigenvalue weighted by atomic mass is 10.0. The van der Waals surface area contributed by atoms with Gasteiger partial charge in [-0.25, -0.2) is 0 Å². The summed E-state index contributed by atoms with van der Waals surface area (Å²) in [6.07, 6.45) is 0.792. The summed E-state index contributed by atoms with van der Waals surface area (Å²) in [4.78, 5) is 10.8. The van der Waals surface area contributed by atoms with Gasteiger partial charge in [0, 0.05) is 43.2 Å². The summed E-state index contributed by atoms with van der Waals surface area (Å²) in [6.45, 7) is 3.91. The molecule has 0 bridgehead atoms. The third kappa shape index (κ3) is 1.92. The molecule has 0 radical (unpaired) electrons. The molecule has 1 aliphatic heterocycles. The van der Waals surface area contributed by atoms with Crippen molar-refractivity contribution in [1.82, 2.24) is 9.88 Å². The topological polar surface area (TPSA) is 54.3 Å². The second kappa shape index (κ2) is 4.38. The molecule has 0 spiro atoms. The van der Waals surface area contributed by atoms with Crippen molar-refractivity contribution in [1.29, 1.82) is 0 Å². The average molecular weight is 258 g/mol. The minimum absolute atomic E-state index is 0.190. The van der Waals surface area contributed by atoms with Crippen LogP contribution in [0, 0.1) is 6.92 Å². The van der Waals surface area contributed by atoms with Gasteiger partial charge < -0.3 is 15.0 Å². The first-order chi connectivity index (χ1) is 9.08. The van der Waals surface area contributed by atoms with Crippen LogP contribution >= 0.6 is 0 Å². The molecule has 1 aromatic heterocycles. The number of carboxylic acid groups (broad SMARTS) is 1. The van der Waals surface area contributed by atoms with Gasteiger partial charge in [0.1, 0.15) is 0 Å². The monoisotopic (exact) mass is 258 g/mol. The van der Waals surface area contributed by atoms with E-state index in [4.69, 9.17) is 5.11 Å². The average Bonchev–Trinajstić information content (AvgIpc) is 2.91. The lowest BCUT2D eigenvalue weighted by Crippen LogP contribution is -2.00. The fourth-order valence-corrected chi connectivity index (χ4v) is 2.98. The summed E-state index contributed by atoms with van der Waals surface area (Å²) >= 11 is 0. The van der Waals surface area contributed by atoms with E-state index in [1.165, 1.54) is 33.3 Å². The van der Waals surface area contributed by atoms with E-state index in [0.29, 0.717) is 6.42 Å². The third-order valence-electron chi connectivity index (χ3n) is 4.16. The van der Waals surface area contributed by atoms with Crippen molar-refractivity contribution in [3.63, 3.8) is 0 Å². The van der Waals surface area contributed by atoms with Crippen molar-refractivity contribution < 1.29 is 9.90 Å².